The Balaban J connectivity index is 2.08. The third-order valence-electron chi connectivity index (χ3n) is 4.03. The second-order valence-corrected chi connectivity index (χ2v) is 7.96. The number of benzene rings is 1. The van der Waals surface area contributed by atoms with Crippen LogP contribution in [0.4, 0.5) is 22.0 Å². The number of rotatable bonds is 9. The fourth-order valence-corrected chi connectivity index (χ4v) is 2.76. The first-order valence-electron chi connectivity index (χ1n) is 8.71. The first-order chi connectivity index (χ1) is 14.7. The van der Waals surface area contributed by atoms with Crippen molar-refractivity contribution in [1.82, 2.24) is 9.71 Å². The molecule has 0 saturated heterocycles. The van der Waals surface area contributed by atoms with E-state index in [0.29, 0.717) is 11.1 Å². The highest BCUT2D eigenvalue weighted by Crippen LogP contribution is 2.26. The number of aryl methyl sites for hydroxylation is 2. The van der Waals surface area contributed by atoms with E-state index < -0.39 is 46.5 Å². The van der Waals surface area contributed by atoms with Gasteiger partial charge in [-0.1, -0.05) is 0 Å². The van der Waals surface area contributed by atoms with E-state index in [0.717, 1.165) is 18.3 Å². The van der Waals surface area contributed by atoms with Crippen molar-refractivity contribution in [2.45, 2.75) is 32.8 Å². The topological polar surface area (TPSA) is 121 Å². The smallest absolute Gasteiger partial charge is 0.340 e. The summed E-state index contributed by atoms with van der Waals surface area (Å²) in [7, 11) is -4.37. The number of nitrogens with zero attached hydrogens (tertiary/aromatic N) is 1. The SMILES string of the molecule is Cc1cc(C(=O)NS(N)(=O)=O)c(F)cc1COc1cnc(OCC(F)(F)C(F)F)c(C)c1. The molecule has 0 atom stereocenters. The zero-order valence-electron chi connectivity index (χ0n) is 16.7. The van der Waals surface area contributed by atoms with Gasteiger partial charge in [-0.3, -0.25) is 4.79 Å². The first kappa shape index (κ1) is 25.3. The van der Waals surface area contributed by atoms with Gasteiger partial charge in [0, 0.05) is 5.56 Å². The lowest BCUT2D eigenvalue weighted by Crippen LogP contribution is -2.36. The number of alkyl halides is 4. The minimum absolute atomic E-state index is 0.145. The molecule has 32 heavy (non-hydrogen) atoms. The Morgan fingerprint density at radius 2 is 1.84 bits per heavy atom. The highest BCUT2D eigenvalue weighted by atomic mass is 32.2. The zero-order valence-corrected chi connectivity index (χ0v) is 17.5. The molecule has 3 N–H and O–H groups in total. The number of carbonyl (C=O) groups excluding carboxylic acids is 1. The molecule has 2 rings (SSSR count). The summed E-state index contributed by atoms with van der Waals surface area (Å²) in [6.07, 6.45) is -2.78. The van der Waals surface area contributed by atoms with Crippen molar-refractivity contribution >= 4 is 16.1 Å². The maximum absolute atomic E-state index is 14.2. The predicted octanol–water partition coefficient (Wildman–Crippen LogP) is 2.63. The van der Waals surface area contributed by atoms with Gasteiger partial charge in [0.15, 0.2) is 6.61 Å². The molecule has 176 valence electrons. The third-order valence-corrected chi connectivity index (χ3v) is 4.50. The van der Waals surface area contributed by atoms with Gasteiger partial charge in [-0.25, -0.2) is 28.0 Å². The number of hydrogen-bond acceptors (Lipinski definition) is 6. The lowest BCUT2D eigenvalue weighted by Gasteiger charge is -2.17. The Bertz CT molecular complexity index is 1110. The molecule has 2 aromatic rings. The Hall–Kier alpha value is -3.00. The Kier molecular flexibility index (Phi) is 7.62. The molecule has 0 aliphatic heterocycles. The predicted molar refractivity (Wildman–Crippen MR) is 101 cm³/mol. The van der Waals surface area contributed by atoms with Crippen molar-refractivity contribution in [2.75, 3.05) is 6.61 Å². The van der Waals surface area contributed by atoms with E-state index in [1.165, 1.54) is 24.6 Å². The molecule has 0 saturated carbocycles. The van der Waals surface area contributed by atoms with Crippen LogP contribution in [0, 0.1) is 19.7 Å². The highest BCUT2D eigenvalue weighted by Gasteiger charge is 2.42. The van der Waals surface area contributed by atoms with Crippen LogP contribution < -0.4 is 19.3 Å². The molecule has 0 radical (unpaired) electrons. The number of amides is 1. The number of aromatic nitrogens is 1. The van der Waals surface area contributed by atoms with Crippen LogP contribution in [0.1, 0.15) is 27.0 Å². The minimum atomic E-state index is -4.37. The number of pyridine rings is 1. The van der Waals surface area contributed by atoms with Crippen LogP contribution in [-0.4, -0.2) is 38.3 Å². The van der Waals surface area contributed by atoms with Gasteiger partial charge in [-0.2, -0.15) is 17.2 Å². The summed E-state index contributed by atoms with van der Waals surface area (Å²) < 4.78 is 98.0. The molecule has 0 aliphatic rings. The maximum atomic E-state index is 14.2. The summed E-state index contributed by atoms with van der Waals surface area (Å²) in [4.78, 5) is 15.5. The molecule has 0 unspecified atom stereocenters. The van der Waals surface area contributed by atoms with E-state index in [9.17, 15) is 35.2 Å². The Labute approximate surface area is 179 Å². The standard InChI is InChI=1S/C18H18F5N3O5S/c1-9-4-13(15(27)26-32(24,28)29)14(19)5-11(9)7-30-12-3-10(2)16(25-6-12)31-8-18(22,23)17(20)21/h3-6,17H,7-8H2,1-2H3,(H,26,27)(H2,24,28,29). The van der Waals surface area contributed by atoms with E-state index in [4.69, 9.17) is 9.88 Å². The van der Waals surface area contributed by atoms with Crippen LogP contribution >= 0.6 is 0 Å². The van der Waals surface area contributed by atoms with Gasteiger partial charge in [0.05, 0.1) is 11.8 Å². The van der Waals surface area contributed by atoms with Crippen molar-refractivity contribution in [3.05, 3.63) is 52.5 Å². The maximum Gasteiger partial charge on any atom is 0.340 e. The number of nitrogens with one attached hydrogen (secondary N) is 1. The van der Waals surface area contributed by atoms with E-state index in [2.05, 4.69) is 9.72 Å². The monoisotopic (exact) mass is 483 g/mol. The van der Waals surface area contributed by atoms with Crippen LogP contribution in [0.3, 0.4) is 0 Å². The number of carbonyl (C=O) groups is 1. The fraction of sp³-hybridized carbons (Fsp3) is 0.333. The molecule has 0 fully saturated rings. The van der Waals surface area contributed by atoms with Gasteiger partial charge in [-0.05, 0) is 43.2 Å². The van der Waals surface area contributed by atoms with Crippen LogP contribution in [0.2, 0.25) is 0 Å². The molecular weight excluding hydrogens is 465 g/mol. The molecule has 1 heterocycles. The Morgan fingerprint density at radius 3 is 2.41 bits per heavy atom. The molecule has 1 amide bonds. The number of ether oxygens (including phenoxy) is 2. The second kappa shape index (κ2) is 9.65. The van der Waals surface area contributed by atoms with Crippen LogP contribution in [0.25, 0.3) is 0 Å². The van der Waals surface area contributed by atoms with Crippen molar-refractivity contribution in [3.63, 3.8) is 0 Å². The summed E-state index contributed by atoms with van der Waals surface area (Å²) in [6.45, 7) is 1.21. The van der Waals surface area contributed by atoms with Crippen molar-refractivity contribution in [1.29, 1.82) is 0 Å². The fourth-order valence-electron chi connectivity index (χ4n) is 2.39. The van der Waals surface area contributed by atoms with Gasteiger partial charge in [0.2, 0.25) is 5.88 Å². The van der Waals surface area contributed by atoms with Crippen molar-refractivity contribution in [2.24, 2.45) is 5.14 Å². The number of nitrogens with two attached hydrogens (primary N) is 1. The van der Waals surface area contributed by atoms with Crippen molar-refractivity contribution < 1.29 is 44.6 Å². The quantitative estimate of drug-likeness (QED) is 0.529. The van der Waals surface area contributed by atoms with Gasteiger partial charge in [-0.15, -0.1) is 0 Å². The van der Waals surface area contributed by atoms with Gasteiger partial charge in [0.1, 0.15) is 18.2 Å². The summed E-state index contributed by atoms with van der Waals surface area (Å²) in [5.74, 6) is -6.74. The molecule has 1 aromatic heterocycles. The largest absolute Gasteiger partial charge is 0.487 e. The lowest BCUT2D eigenvalue weighted by atomic mass is 10.0. The average Bonchev–Trinajstić information content (AvgIpc) is 2.66. The molecule has 0 spiro atoms. The van der Waals surface area contributed by atoms with E-state index in [1.807, 2.05) is 0 Å². The zero-order chi connectivity index (χ0) is 24.3. The highest BCUT2D eigenvalue weighted by molar-refractivity contribution is 7.87. The molecule has 14 heteroatoms. The summed E-state index contributed by atoms with van der Waals surface area (Å²) >= 11 is 0. The van der Waals surface area contributed by atoms with Crippen LogP contribution in [0.5, 0.6) is 11.6 Å². The van der Waals surface area contributed by atoms with E-state index in [1.54, 1.807) is 0 Å². The summed E-state index contributed by atoms with van der Waals surface area (Å²) in [6, 6.07) is 3.43. The van der Waals surface area contributed by atoms with E-state index >= 15 is 0 Å². The van der Waals surface area contributed by atoms with Crippen LogP contribution in [0.15, 0.2) is 24.4 Å². The second-order valence-electron chi connectivity index (χ2n) is 6.67. The summed E-state index contributed by atoms with van der Waals surface area (Å²) in [5, 5.41) is 4.69. The number of hydrogen-bond donors (Lipinski definition) is 2. The van der Waals surface area contributed by atoms with Gasteiger partial charge >= 0.3 is 12.3 Å². The summed E-state index contributed by atoms with van der Waals surface area (Å²) in [5.41, 5.74) is 0.388. The first-order valence-corrected chi connectivity index (χ1v) is 10.3. The van der Waals surface area contributed by atoms with Gasteiger partial charge in [0.25, 0.3) is 16.1 Å². The van der Waals surface area contributed by atoms with E-state index in [-0.39, 0.29) is 23.8 Å². The molecular formula is C18H18F5N3O5S. The number of halogens is 5. The van der Waals surface area contributed by atoms with Crippen molar-refractivity contribution in [3.8, 4) is 11.6 Å². The molecule has 0 bridgehead atoms. The Morgan fingerprint density at radius 1 is 1.19 bits per heavy atom. The van der Waals surface area contributed by atoms with Crippen LogP contribution in [-0.2, 0) is 16.8 Å². The normalized spacial score (nSPS) is 12.0. The third kappa shape index (κ3) is 6.75. The molecule has 1 aromatic carbocycles. The van der Waals surface area contributed by atoms with Gasteiger partial charge < -0.3 is 9.47 Å². The average molecular weight is 483 g/mol. The molecule has 0 aliphatic carbocycles. The molecule has 8 nitrogen and oxygen atoms in total. The minimum Gasteiger partial charge on any atom is -0.487 e. The lowest BCUT2D eigenvalue weighted by molar-refractivity contribution is -0.148.